The summed E-state index contributed by atoms with van der Waals surface area (Å²) < 4.78 is 0. The van der Waals surface area contributed by atoms with Crippen LogP contribution in [0.25, 0.3) is 0 Å². The molecule has 18 heavy (non-hydrogen) atoms. The highest BCUT2D eigenvalue weighted by Gasteiger charge is 2.34. The molecule has 3 N–H and O–H groups in total. The molecule has 0 fully saturated rings. The van der Waals surface area contributed by atoms with Gasteiger partial charge in [0.2, 0.25) is 0 Å². The Bertz CT molecular complexity index is 501. The zero-order chi connectivity index (χ0) is 13.3. The smallest absolute Gasteiger partial charge is 0.263 e. The number of anilines is 1. The Labute approximate surface area is 104 Å². The number of nitrogens with one attached hydrogen (secondary N) is 1. The monoisotopic (exact) mass is 250 g/mol. The van der Waals surface area contributed by atoms with Crippen LogP contribution >= 0.6 is 0 Å². The minimum atomic E-state index is -0.911. The molecule has 0 aromatic heterocycles. The minimum Gasteiger partial charge on any atom is -0.394 e. The maximum absolute atomic E-state index is 11.9. The average molecular weight is 250 g/mol. The zero-order valence-electron chi connectivity index (χ0n) is 9.88. The minimum absolute atomic E-state index is 0.109. The Morgan fingerprint density at radius 2 is 2.06 bits per heavy atom. The largest absolute Gasteiger partial charge is 0.394 e. The van der Waals surface area contributed by atoms with Crippen molar-refractivity contribution in [2.75, 3.05) is 25.5 Å². The van der Waals surface area contributed by atoms with Gasteiger partial charge in [-0.15, -0.1) is 0 Å². The lowest BCUT2D eigenvalue weighted by Gasteiger charge is -2.12. The first-order chi connectivity index (χ1) is 8.56. The zero-order valence-corrected chi connectivity index (χ0v) is 9.88. The molecule has 1 aromatic carbocycles. The van der Waals surface area contributed by atoms with Gasteiger partial charge < -0.3 is 15.5 Å². The predicted octanol–water partition coefficient (Wildman–Crippen LogP) is -0.322. The van der Waals surface area contributed by atoms with Crippen molar-refractivity contribution < 1.29 is 19.8 Å². The van der Waals surface area contributed by atoms with Crippen LogP contribution in [-0.4, -0.2) is 53.2 Å². The van der Waals surface area contributed by atoms with Gasteiger partial charge >= 0.3 is 0 Å². The van der Waals surface area contributed by atoms with Crippen LogP contribution in [0.4, 0.5) is 5.69 Å². The lowest BCUT2D eigenvalue weighted by molar-refractivity contribution is 0.0693. The summed E-state index contributed by atoms with van der Waals surface area (Å²) in [4.78, 5) is 24.7. The fourth-order valence-corrected chi connectivity index (χ4v) is 1.84. The standard InChI is InChI=1S/C12H14N2O4/c1-14-11(17)8-3-2-4-9(10(8)12(14)18)13-5-7(16)6-15/h2-4,7,13,15-16H,5-6H2,1H3. The highest BCUT2D eigenvalue weighted by molar-refractivity contribution is 6.23. The van der Waals surface area contributed by atoms with E-state index in [-0.39, 0.29) is 25.0 Å². The first kappa shape index (κ1) is 12.5. The number of nitrogens with zero attached hydrogens (tertiary/aromatic N) is 1. The fourth-order valence-electron chi connectivity index (χ4n) is 1.84. The Kier molecular flexibility index (Phi) is 3.31. The van der Waals surface area contributed by atoms with E-state index in [0.29, 0.717) is 16.8 Å². The van der Waals surface area contributed by atoms with E-state index in [9.17, 15) is 14.7 Å². The highest BCUT2D eigenvalue weighted by Crippen LogP contribution is 2.28. The Morgan fingerprint density at radius 3 is 2.72 bits per heavy atom. The van der Waals surface area contributed by atoms with Crippen LogP contribution in [0, 0.1) is 0 Å². The van der Waals surface area contributed by atoms with E-state index in [4.69, 9.17) is 5.11 Å². The van der Waals surface area contributed by atoms with Crippen LogP contribution in [0.15, 0.2) is 18.2 Å². The number of aliphatic hydroxyl groups is 2. The van der Waals surface area contributed by atoms with Gasteiger partial charge in [-0.1, -0.05) is 6.07 Å². The summed E-state index contributed by atoms with van der Waals surface area (Å²) in [5.74, 6) is -0.696. The van der Waals surface area contributed by atoms with E-state index in [2.05, 4.69) is 5.32 Å². The summed E-state index contributed by atoms with van der Waals surface area (Å²) >= 11 is 0. The lowest BCUT2D eigenvalue weighted by Crippen LogP contribution is -2.25. The summed E-state index contributed by atoms with van der Waals surface area (Å²) in [6.07, 6.45) is -0.911. The van der Waals surface area contributed by atoms with Crippen molar-refractivity contribution in [2.45, 2.75) is 6.10 Å². The van der Waals surface area contributed by atoms with Crippen molar-refractivity contribution in [3.8, 4) is 0 Å². The first-order valence-electron chi connectivity index (χ1n) is 5.54. The number of amides is 2. The number of hydrogen-bond acceptors (Lipinski definition) is 5. The number of fused-ring (bicyclic) bond motifs is 1. The van der Waals surface area contributed by atoms with Gasteiger partial charge in [-0.3, -0.25) is 14.5 Å². The average Bonchev–Trinajstić information content (AvgIpc) is 2.61. The molecule has 2 rings (SSSR count). The summed E-state index contributed by atoms with van der Waals surface area (Å²) in [6.45, 7) is -0.257. The van der Waals surface area contributed by atoms with E-state index in [1.54, 1.807) is 18.2 Å². The second-order valence-electron chi connectivity index (χ2n) is 4.11. The van der Waals surface area contributed by atoms with Crippen molar-refractivity contribution in [2.24, 2.45) is 0 Å². The van der Waals surface area contributed by atoms with Gasteiger partial charge in [0.15, 0.2) is 0 Å². The Morgan fingerprint density at radius 1 is 1.33 bits per heavy atom. The highest BCUT2D eigenvalue weighted by atomic mass is 16.3. The molecule has 0 spiro atoms. The number of benzene rings is 1. The van der Waals surface area contributed by atoms with Crippen LogP contribution in [0.2, 0.25) is 0 Å². The SMILES string of the molecule is CN1C(=O)c2cccc(NCC(O)CO)c2C1=O. The van der Waals surface area contributed by atoms with Crippen molar-refractivity contribution >= 4 is 17.5 Å². The summed E-state index contributed by atoms with van der Waals surface area (Å²) in [5, 5.41) is 20.8. The van der Waals surface area contributed by atoms with E-state index < -0.39 is 6.10 Å². The van der Waals surface area contributed by atoms with E-state index in [1.807, 2.05) is 0 Å². The molecule has 6 nitrogen and oxygen atoms in total. The third-order valence-corrected chi connectivity index (χ3v) is 2.86. The number of imide groups is 1. The van der Waals surface area contributed by atoms with Gasteiger partial charge in [-0.2, -0.15) is 0 Å². The van der Waals surface area contributed by atoms with Gasteiger partial charge in [0.25, 0.3) is 11.8 Å². The predicted molar refractivity (Wildman–Crippen MR) is 64.4 cm³/mol. The van der Waals surface area contributed by atoms with Crippen LogP contribution in [-0.2, 0) is 0 Å². The quantitative estimate of drug-likeness (QED) is 0.637. The molecule has 1 unspecified atom stereocenters. The number of carbonyl (C=O) groups is 2. The summed E-state index contributed by atoms with van der Waals surface area (Å²) in [6, 6.07) is 4.91. The fraction of sp³-hybridized carbons (Fsp3) is 0.333. The van der Waals surface area contributed by atoms with Crippen LogP contribution in [0.5, 0.6) is 0 Å². The van der Waals surface area contributed by atoms with Crippen LogP contribution in [0.3, 0.4) is 0 Å². The normalized spacial score (nSPS) is 15.8. The number of rotatable bonds is 4. The van der Waals surface area contributed by atoms with Crippen LogP contribution in [0.1, 0.15) is 20.7 Å². The van der Waals surface area contributed by atoms with E-state index >= 15 is 0 Å². The Hall–Kier alpha value is -1.92. The van der Waals surface area contributed by atoms with E-state index in [1.165, 1.54) is 7.05 Å². The number of aliphatic hydroxyl groups excluding tert-OH is 2. The lowest BCUT2D eigenvalue weighted by atomic mass is 10.1. The van der Waals surface area contributed by atoms with Gasteiger partial charge in [0, 0.05) is 19.3 Å². The first-order valence-corrected chi connectivity index (χ1v) is 5.54. The molecular formula is C12H14N2O4. The molecule has 1 atom stereocenters. The van der Waals surface area contributed by atoms with Crippen molar-refractivity contribution in [1.29, 1.82) is 0 Å². The molecule has 1 aliphatic rings. The topological polar surface area (TPSA) is 89.9 Å². The maximum Gasteiger partial charge on any atom is 0.263 e. The van der Waals surface area contributed by atoms with Crippen molar-refractivity contribution in [1.82, 2.24) is 4.90 Å². The third-order valence-electron chi connectivity index (χ3n) is 2.86. The Balaban J connectivity index is 2.30. The second kappa shape index (κ2) is 4.75. The molecule has 0 saturated heterocycles. The van der Waals surface area contributed by atoms with Gasteiger partial charge in [0.1, 0.15) is 0 Å². The molecule has 0 saturated carbocycles. The number of hydrogen-bond donors (Lipinski definition) is 3. The molecule has 0 radical (unpaired) electrons. The summed E-state index contributed by atoms with van der Waals surface area (Å²) in [5.41, 5.74) is 1.16. The summed E-state index contributed by atoms with van der Waals surface area (Å²) in [7, 11) is 1.43. The molecule has 1 heterocycles. The molecule has 96 valence electrons. The van der Waals surface area contributed by atoms with Gasteiger partial charge in [0.05, 0.1) is 23.8 Å². The molecule has 0 aliphatic carbocycles. The molecule has 1 aromatic rings. The maximum atomic E-state index is 11.9. The molecule has 1 aliphatic heterocycles. The van der Waals surface area contributed by atoms with Crippen LogP contribution < -0.4 is 5.32 Å². The molecule has 6 heteroatoms. The van der Waals surface area contributed by atoms with Gasteiger partial charge in [-0.05, 0) is 12.1 Å². The van der Waals surface area contributed by atoms with Crippen molar-refractivity contribution in [3.63, 3.8) is 0 Å². The molecule has 0 bridgehead atoms. The third kappa shape index (κ3) is 1.96. The molecular weight excluding hydrogens is 236 g/mol. The molecule has 2 amide bonds. The number of carbonyl (C=O) groups excluding carboxylic acids is 2. The van der Waals surface area contributed by atoms with Crippen molar-refractivity contribution in [3.05, 3.63) is 29.3 Å². The second-order valence-corrected chi connectivity index (χ2v) is 4.11. The van der Waals surface area contributed by atoms with Gasteiger partial charge in [-0.25, -0.2) is 0 Å². The van der Waals surface area contributed by atoms with E-state index in [0.717, 1.165) is 4.90 Å².